The fraction of sp³-hybridized carbons (Fsp3) is 0.0769. The maximum Gasteiger partial charge on any atom is 0.308 e. The molecule has 0 N–H and O–H groups in total. The SMILES string of the molecule is CC(=O)OC1=C2C(=Nc3ccccc32)C=C1. The summed E-state index contributed by atoms with van der Waals surface area (Å²) in [5.74, 6) is 0.286. The Morgan fingerprint density at radius 2 is 2.06 bits per heavy atom. The zero-order valence-corrected chi connectivity index (χ0v) is 8.73. The predicted molar refractivity (Wildman–Crippen MR) is 61.4 cm³/mol. The number of benzene rings is 1. The van der Waals surface area contributed by atoms with Gasteiger partial charge < -0.3 is 4.74 Å². The number of ether oxygens (including phenoxy) is 1. The van der Waals surface area contributed by atoms with Gasteiger partial charge in [0.05, 0.1) is 17.0 Å². The van der Waals surface area contributed by atoms with E-state index in [0.29, 0.717) is 5.76 Å². The summed E-state index contributed by atoms with van der Waals surface area (Å²) in [7, 11) is 0. The van der Waals surface area contributed by atoms with E-state index in [9.17, 15) is 4.79 Å². The molecule has 0 saturated heterocycles. The van der Waals surface area contributed by atoms with Gasteiger partial charge in [0, 0.05) is 12.5 Å². The molecule has 0 spiro atoms. The molecule has 2 aliphatic rings. The van der Waals surface area contributed by atoms with Crippen molar-refractivity contribution in [3.8, 4) is 0 Å². The van der Waals surface area contributed by atoms with Crippen LogP contribution in [-0.4, -0.2) is 11.7 Å². The first-order valence-electron chi connectivity index (χ1n) is 5.05. The van der Waals surface area contributed by atoms with E-state index in [1.807, 2.05) is 30.3 Å². The van der Waals surface area contributed by atoms with Gasteiger partial charge in [-0.1, -0.05) is 18.2 Å². The number of allylic oxidation sites excluding steroid dienone is 3. The lowest BCUT2D eigenvalue weighted by molar-refractivity contribution is -0.136. The minimum absolute atomic E-state index is 0.308. The summed E-state index contributed by atoms with van der Waals surface area (Å²) in [6.45, 7) is 1.40. The van der Waals surface area contributed by atoms with Gasteiger partial charge in [0.1, 0.15) is 5.76 Å². The van der Waals surface area contributed by atoms with Gasteiger partial charge in [-0.3, -0.25) is 4.79 Å². The van der Waals surface area contributed by atoms with Crippen molar-refractivity contribution in [1.82, 2.24) is 0 Å². The zero-order chi connectivity index (χ0) is 11.1. The highest BCUT2D eigenvalue weighted by Gasteiger charge is 2.26. The van der Waals surface area contributed by atoms with Crippen molar-refractivity contribution >= 4 is 22.9 Å². The molecule has 1 aliphatic carbocycles. The minimum Gasteiger partial charge on any atom is -0.426 e. The Balaban J connectivity index is 2.15. The largest absolute Gasteiger partial charge is 0.426 e. The Morgan fingerprint density at radius 1 is 1.25 bits per heavy atom. The summed E-state index contributed by atoms with van der Waals surface area (Å²) in [5, 5.41) is 0. The van der Waals surface area contributed by atoms with Crippen LogP contribution in [0.5, 0.6) is 0 Å². The van der Waals surface area contributed by atoms with Crippen LogP contribution in [0.1, 0.15) is 12.5 Å². The standard InChI is InChI=1S/C13H9NO2/c1-8(15)16-12-7-6-11-13(12)9-4-2-3-5-10(9)14-11/h2-7H,1H3. The van der Waals surface area contributed by atoms with E-state index < -0.39 is 0 Å². The number of para-hydroxylation sites is 1. The van der Waals surface area contributed by atoms with Crippen LogP contribution in [0.15, 0.2) is 47.2 Å². The van der Waals surface area contributed by atoms with E-state index in [-0.39, 0.29) is 5.97 Å². The van der Waals surface area contributed by atoms with Gasteiger partial charge in [0.15, 0.2) is 0 Å². The number of nitrogens with zero attached hydrogens (tertiary/aromatic N) is 1. The molecular formula is C13H9NO2. The first kappa shape index (κ1) is 9.09. The number of aliphatic imine (C=N–C) groups is 1. The Bertz CT molecular complexity index is 579. The van der Waals surface area contributed by atoms with Crippen molar-refractivity contribution < 1.29 is 9.53 Å². The van der Waals surface area contributed by atoms with Crippen LogP contribution < -0.4 is 0 Å². The third-order valence-electron chi connectivity index (χ3n) is 2.56. The van der Waals surface area contributed by atoms with E-state index in [1.54, 1.807) is 6.08 Å². The second kappa shape index (κ2) is 3.17. The van der Waals surface area contributed by atoms with Gasteiger partial charge in [-0.15, -0.1) is 0 Å². The highest BCUT2D eigenvalue weighted by Crippen LogP contribution is 2.40. The van der Waals surface area contributed by atoms with Crippen molar-refractivity contribution in [2.75, 3.05) is 0 Å². The first-order chi connectivity index (χ1) is 7.75. The number of hydrogen-bond acceptors (Lipinski definition) is 3. The molecule has 0 saturated carbocycles. The van der Waals surface area contributed by atoms with E-state index in [0.717, 1.165) is 22.5 Å². The van der Waals surface area contributed by atoms with E-state index in [2.05, 4.69) is 4.99 Å². The van der Waals surface area contributed by atoms with Crippen molar-refractivity contribution in [2.45, 2.75) is 6.92 Å². The molecule has 1 aromatic carbocycles. The number of carbonyl (C=O) groups is 1. The Labute approximate surface area is 92.8 Å². The molecule has 0 amide bonds. The molecule has 1 aliphatic heterocycles. The summed E-state index contributed by atoms with van der Waals surface area (Å²) in [4.78, 5) is 15.4. The second-order valence-corrected chi connectivity index (χ2v) is 3.68. The molecular weight excluding hydrogens is 202 g/mol. The quantitative estimate of drug-likeness (QED) is 0.670. The minimum atomic E-state index is -0.308. The first-order valence-corrected chi connectivity index (χ1v) is 5.05. The van der Waals surface area contributed by atoms with Gasteiger partial charge in [-0.25, -0.2) is 4.99 Å². The fourth-order valence-electron chi connectivity index (χ4n) is 1.96. The maximum atomic E-state index is 11.0. The molecule has 78 valence electrons. The van der Waals surface area contributed by atoms with Crippen molar-refractivity contribution in [1.29, 1.82) is 0 Å². The molecule has 3 rings (SSSR count). The van der Waals surface area contributed by atoms with Crippen LogP contribution in [0.4, 0.5) is 5.69 Å². The molecule has 3 heteroatoms. The van der Waals surface area contributed by atoms with E-state index >= 15 is 0 Å². The molecule has 1 heterocycles. The van der Waals surface area contributed by atoms with Crippen LogP contribution >= 0.6 is 0 Å². The molecule has 0 aromatic heterocycles. The summed E-state index contributed by atoms with van der Waals surface area (Å²) < 4.78 is 5.16. The van der Waals surface area contributed by atoms with Crippen LogP contribution in [0.25, 0.3) is 5.57 Å². The van der Waals surface area contributed by atoms with E-state index in [4.69, 9.17) is 4.74 Å². The summed E-state index contributed by atoms with van der Waals surface area (Å²) in [6, 6.07) is 7.83. The molecule has 0 bridgehead atoms. The van der Waals surface area contributed by atoms with Gasteiger partial charge in [0.2, 0.25) is 0 Å². The monoisotopic (exact) mass is 211 g/mol. The highest BCUT2D eigenvalue weighted by molar-refractivity contribution is 6.36. The molecule has 0 radical (unpaired) electrons. The predicted octanol–water partition coefficient (Wildman–Crippen LogP) is 2.62. The van der Waals surface area contributed by atoms with Gasteiger partial charge in [-0.2, -0.15) is 0 Å². The topological polar surface area (TPSA) is 38.7 Å². The third kappa shape index (κ3) is 1.21. The molecule has 0 fully saturated rings. The molecule has 3 nitrogen and oxygen atoms in total. The Hall–Kier alpha value is -2.16. The maximum absolute atomic E-state index is 11.0. The fourth-order valence-corrected chi connectivity index (χ4v) is 1.96. The lowest BCUT2D eigenvalue weighted by Gasteiger charge is -2.04. The second-order valence-electron chi connectivity index (χ2n) is 3.68. The van der Waals surface area contributed by atoms with Crippen molar-refractivity contribution in [3.63, 3.8) is 0 Å². The molecule has 0 atom stereocenters. The highest BCUT2D eigenvalue weighted by atomic mass is 16.5. The normalized spacial score (nSPS) is 15.9. The number of hydrogen-bond donors (Lipinski definition) is 0. The van der Waals surface area contributed by atoms with Crippen LogP contribution in [-0.2, 0) is 9.53 Å². The van der Waals surface area contributed by atoms with Crippen molar-refractivity contribution in [3.05, 3.63) is 47.7 Å². The smallest absolute Gasteiger partial charge is 0.308 e. The summed E-state index contributed by atoms with van der Waals surface area (Å²) >= 11 is 0. The summed E-state index contributed by atoms with van der Waals surface area (Å²) in [6.07, 6.45) is 3.65. The Morgan fingerprint density at radius 3 is 2.88 bits per heavy atom. The number of fused-ring (bicyclic) bond motifs is 3. The Kier molecular flexibility index (Phi) is 1.80. The van der Waals surface area contributed by atoms with Gasteiger partial charge >= 0.3 is 5.97 Å². The number of esters is 1. The number of rotatable bonds is 1. The van der Waals surface area contributed by atoms with Crippen LogP contribution in [0.2, 0.25) is 0 Å². The lowest BCUT2D eigenvalue weighted by atomic mass is 10.1. The summed E-state index contributed by atoms with van der Waals surface area (Å²) in [5.41, 5.74) is 3.75. The van der Waals surface area contributed by atoms with Crippen LogP contribution in [0.3, 0.4) is 0 Å². The van der Waals surface area contributed by atoms with Crippen molar-refractivity contribution in [2.24, 2.45) is 4.99 Å². The average molecular weight is 211 g/mol. The number of carbonyl (C=O) groups excluding carboxylic acids is 1. The lowest BCUT2D eigenvalue weighted by Crippen LogP contribution is -1.99. The van der Waals surface area contributed by atoms with E-state index in [1.165, 1.54) is 6.92 Å². The molecule has 0 unspecified atom stereocenters. The third-order valence-corrected chi connectivity index (χ3v) is 2.56. The van der Waals surface area contributed by atoms with Gasteiger partial charge in [0.25, 0.3) is 0 Å². The van der Waals surface area contributed by atoms with Gasteiger partial charge in [-0.05, 0) is 18.2 Å². The molecule has 16 heavy (non-hydrogen) atoms. The average Bonchev–Trinajstić information content (AvgIpc) is 2.77. The molecule has 1 aromatic rings. The van der Waals surface area contributed by atoms with Crippen LogP contribution in [0, 0.1) is 0 Å². The zero-order valence-electron chi connectivity index (χ0n) is 8.73.